The predicted molar refractivity (Wildman–Crippen MR) is 54.3 cm³/mol. The molecule has 2 aliphatic carbocycles. The molecule has 0 unspecified atom stereocenters. The highest BCUT2D eigenvalue weighted by Gasteiger charge is 2.70. The normalized spacial score (nSPS) is 31.3. The van der Waals surface area contributed by atoms with Crippen LogP contribution in [-0.2, 0) is 14.3 Å². The molecule has 0 spiro atoms. The quantitative estimate of drug-likeness (QED) is 0.666. The average molecular weight is 210 g/mol. The second-order valence-electron chi connectivity index (χ2n) is 5.35. The molecule has 0 atom stereocenters. The van der Waals surface area contributed by atoms with E-state index < -0.39 is 0 Å². The number of hydrogen-bond acceptors (Lipinski definition) is 3. The second-order valence-corrected chi connectivity index (χ2v) is 5.35. The van der Waals surface area contributed by atoms with Crippen LogP contribution in [0.3, 0.4) is 0 Å². The van der Waals surface area contributed by atoms with Gasteiger partial charge in [-0.2, -0.15) is 0 Å². The molecule has 0 aromatic carbocycles. The van der Waals surface area contributed by atoms with Gasteiger partial charge in [-0.25, -0.2) is 0 Å². The van der Waals surface area contributed by atoms with Gasteiger partial charge in [-0.15, -0.1) is 0 Å². The Bertz CT molecular complexity index is 285. The van der Waals surface area contributed by atoms with Crippen molar-refractivity contribution in [2.75, 3.05) is 20.3 Å². The Hall–Kier alpha value is -0.570. The Kier molecular flexibility index (Phi) is 1.91. The standard InChI is InChI=1S/C12H18O3/c1-14-10(13)11(5-6-11)12(7-15-8-12)9-3-2-4-9/h9H,2-8H2,1H3. The smallest absolute Gasteiger partial charge is 0.312 e. The Morgan fingerprint density at radius 2 is 2.00 bits per heavy atom. The van der Waals surface area contributed by atoms with Gasteiger partial charge < -0.3 is 9.47 Å². The summed E-state index contributed by atoms with van der Waals surface area (Å²) in [6.07, 6.45) is 5.91. The van der Waals surface area contributed by atoms with Crippen molar-refractivity contribution in [3.05, 3.63) is 0 Å². The van der Waals surface area contributed by atoms with Crippen LogP contribution in [0.1, 0.15) is 32.1 Å². The number of carbonyl (C=O) groups excluding carboxylic acids is 1. The van der Waals surface area contributed by atoms with E-state index >= 15 is 0 Å². The number of methoxy groups -OCH3 is 1. The molecular formula is C12H18O3. The molecule has 3 nitrogen and oxygen atoms in total. The van der Waals surface area contributed by atoms with E-state index in [1.807, 2.05) is 0 Å². The summed E-state index contributed by atoms with van der Waals surface area (Å²) in [7, 11) is 1.51. The zero-order valence-corrected chi connectivity index (χ0v) is 9.25. The van der Waals surface area contributed by atoms with Crippen LogP contribution in [0.2, 0.25) is 0 Å². The van der Waals surface area contributed by atoms with Gasteiger partial charge in [0.05, 0.1) is 25.7 Å². The third-order valence-electron chi connectivity index (χ3n) is 4.89. The molecule has 3 heteroatoms. The van der Waals surface area contributed by atoms with E-state index in [-0.39, 0.29) is 16.8 Å². The zero-order valence-electron chi connectivity index (χ0n) is 9.25. The van der Waals surface area contributed by atoms with Crippen molar-refractivity contribution >= 4 is 5.97 Å². The van der Waals surface area contributed by atoms with E-state index in [1.165, 1.54) is 26.4 Å². The molecule has 1 aliphatic heterocycles. The van der Waals surface area contributed by atoms with Crippen molar-refractivity contribution in [1.29, 1.82) is 0 Å². The fourth-order valence-corrected chi connectivity index (χ4v) is 3.41. The summed E-state index contributed by atoms with van der Waals surface area (Å²) in [5.41, 5.74) is -0.0105. The van der Waals surface area contributed by atoms with Gasteiger partial charge in [0, 0.05) is 5.41 Å². The predicted octanol–water partition coefficient (Wildman–Crippen LogP) is 1.76. The largest absolute Gasteiger partial charge is 0.469 e. The van der Waals surface area contributed by atoms with Gasteiger partial charge >= 0.3 is 5.97 Å². The van der Waals surface area contributed by atoms with Gasteiger partial charge in [0.2, 0.25) is 0 Å². The maximum absolute atomic E-state index is 11.9. The summed E-state index contributed by atoms with van der Waals surface area (Å²) in [5.74, 6) is 0.727. The molecule has 0 aromatic heterocycles. The van der Waals surface area contributed by atoms with E-state index in [1.54, 1.807) is 0 Å². The van der Waals surface area contributed by atoms with Crippen LogP contribution in [0, 0.1) is 16.7 Å². The molecular weight excluding hydrogens is 192 g/mol. The lowest BCUT2D eigenvalue weighted by Crippen LogP contribution is -2.58. The van der Waals surface area contributed by atoms with Crippen LogP contribution < -0.4 is 0 Å². The minimum atomic E-state index is -0.162. The first kappa shape index (κ1) is 9.64. The fraction of sp³-hybridized carbons (Fsp3) is 0.917. The average Bonchev–Trinajstić information content (AvgIpc) is 2.87. The zero-order chi connectivity index (χ0) is 10.5. The maximum atomic E-state index is 11.9. The highest BCUT2D eigenvalue weighted by molar-refractivity contribution is 5.81. The lowest BCUT2D eigenvalue weighted by atomic mass is 9.56. The summed E-state index contributed by atoms with van der Waals surface area (Å²) in [5, 5.41) is 0. The molecule has 0 bridgehead atoms. The fourth-order valence-electron chi connectivity index (χ4n) is 3.41. The number of esters is 1. The molecule has 0 amide bonds. The number of rotatable bonds is 3. The van der Waals surface area contributed by atoms with Crippen LogP contribution in [-0.4, -0.2) is 26.3 Å². The molecule has 1 saturated heterocycles. The molecule has 15 heavy (non-hydrogen) atoms. The minimum absolute atomic E-state index is 0.0118. The van der Waals surface area contributed by atoms with E-state index in [0.717, 1.165) is 26.1 Å². The van der Waals surface area contributed by atoms with Crippen molar-refractivity contribution < 1.29 is 14.3 Å². The van der Waals surface area contributed by atoms with Gasteiger partial charge in [0.15, 0.2) is 0 Å². The van der Waals surface area contributed by atoms with Gasteiger partial charge in [-0.3, -0.25) is 4.79 Å². The van der Waals surface area contributed by atoms with Crippen LogP contribution in [0.5, 0.6) is 0 Å². The van der Waals surface area contributed by atoms with Gasteiger partial charge in [-0.1, -0.05) is 6.42 Å². The van der Waals surface area contributed by atoms with E-state index in [0.29, 0.717) is 5.92 Å². The Morgan fingerprint density at radius 3 is 2.27 bits per heavy atom. The maximum Gasteiger partial charge on any atom is 0.312 e. The monoisotopic (exact) mass is 210 g/mol. The Labute approximate surface area is 90.1 Å². The number of carbonyl (C=O) groups is 1. The molecule has 3 fully saturated rings. The van der Waals surface area contributed by atoms with Crippen molar-refractivity contribution in [1.82, 2.24) is 0 Å². The summed E-state index contributed by atoms with van der Waals surface area (Å²) in [6, 6.07) is 0. The van der Waals surface area contributed by atoms with E-state index in [9.17, 15) is 4.79 Å². The first-order valence-electron chi connectivity index (χ1n) is 5.91. The van der Waals surface area contributed by atoms with Crippen molar-refractivity contribution in [3.63, 3.8) is 0 Å². The van der Waals surface area contributed by atoms with Crippen molar-refractivity contribution in [2.45, 2.75) is 32.1 Å². The van der Waals surface area contributed by atoms with Gasteiger partial charge in [-0.05, 0) is 31.6 Å². The molecule has 84 valence electrons. The lowest BCUT2D eigenvalue weighted by Gasteiger charge is -2.54. The van der Waals surface area contributed by atoms with Crippen LogP contribution >= 0.6 is 0 Å². The molecule has 3 aliphatic rings. The van der Waals surface area contributed by atoms with Gasteiger partial charge in [0.25, 0.3) is 0 Å². The van der Waals surface area contributed by atoms with Gasteiger partial charge in [0.1, 0.15) is 0 Å². The highest BCUT2D eigenvalue weighted by atomic mass is 16.5. The molecule has 2 saturated carbocycles. The van der Waals surface area contributed by atoms with Crippen molar-refractivity contribution in [2.24, 2.45) is 16.7 Å². The summed E-state index contributed by atoms with van der Waals surface area (Å²) in [6.45, 7) is 1.57. The third kappa shape index (κ3) is 1.02. The summed E-state index contributed by atoms with van der Waals surface area (Å²) >= 11 is 0. The highest BCUT2D eigenvalue weighted by Crippen LogP contribution is 2.68. The summed E-state index contributed by atoms with van der Waals surface area (Å²) < 4.78 is 10.4. The second kappa shape index (κ2) is 2.97. The molecule has 3 rings (SSSR count). The summed E-state index contributed by atoms with van der Waals surface area (Å²) in [4.78, 5) is 11.9. The first-order valence-corrected chi connectivity index (χ1v) is 5.91. The van der Waals surface area contributed by atoms with E-state index in [2.05, 4.69) is 0 Å². The Balaban J connectivity index is 1.86. The van der Waals surface area contributed by atoms with Crippen LogP contribution in [0.4, 0.5) is 0 Å². The molecule has 0 N–H and O–H groups in total. The molecule has 0 aromatic rings. The Morgan fingerprint density at radius 1 is 1.33 bits per heavy atom. The first-order chi connectivity index (χ1) is 7.25. The number of hydrogen-bond donors (Lipinski definition) is 0. The molecule has 1 heterocycles. The molecule has 0 radical (unpaired) electrons. The topological polar surface area (TPSA) is 35.5 Å². The SMILES string of the molecule is COC(=O)C1(C2(C3CCC3)COC2)CC1. The van der Waals surface area contributed by atoms with E-state index in [4.69, 9.17) is 9.47 Å². The van der Waals surface area contributed by atoms with Crippen LogP contribution in [0.25, 0.3) is 0 Å². The third-order valence-corrected chi connectivity index (χ3v) is 4.89. The van der Waals surface area contributed by atoms with Crippen molar-refractivity contribution in [3.8, 4) is 0 Å². The van der Waals surface area contributed by atoms with Crippen LogP contribution in [0.15, 0.2) is 0 Å². The lowest BCUT2D eigenvalue weighted by molar-refractivity contribution is -0.213. The minimum Gasteiger partial charge on any atom is -0.469 e. The number of ether oxygens (including phenoxy) is 2.